The first kappa shape index (κ1) is 12.3. The van der Waals surface area contributed by atoms with E-state index in [1.807, 2.05) is 0 Å². The zero-order valence-electron chi connectivity index (χ0n) is 7.04. The Hall–Kier alpha value is -0.670. The summed E-state index contributed by atoms with van der Waals surface area (Å²) in [6, 6.07) is 6.35. The molecule has 2 N–H and O–H groups in total. The molecule has 0 amide bonds. The van der Waals surface area contributed by atoms with Gasteiger partial charge >= 0.3 is 0 Å². The van der Waals surface area contributed by atoms with E-state index in [9.17, 15) is 8.78 Å². The SMILES string of the molecule is Cl.NCCc1cccc(C(F)F)c1. The summed E-state index contributed by atoms with van der Waals surface area (Å²) in [7, 11) is 0. The Morgan fingerprint density at radius 1 is 1.31 bits per heavy atom. The number of hydrogen-bond acceptors (Lipinski definition) is 1. The highest BCUT2D eigenvalue weighted by Gasteiger charge is 2.05. The van der Waals surface area contributed by atoms with Crippen LogP contribution < -0.4 is 5.73 Å². The molecule has 4 heteroatoms. The van der Waals surface area contributed by atoms with Crippen molar-refractivity contribution in [2.45, 2.75) is 12.8 Å². The van der Waals surface area contributed by atoms with Gasteiger partial charge in [0.15, 0.2) is 0 Å². The van der Waals surface area contributed by atoms with Crippen LogP contribution in [-0.4, -0.2) is 6.54 Å². The predicted molar refractivity (Wildman–Crippen MR) is 51.4 cm³/mol. The zero-order valence-corrected chi connectivity index (χ0v) is 7.86. The first-order valence-corrected chi connectivity index (χ1v) is 3.81. The van der Waals surface area contributed by atoms with Gasteiger partial charge < -0.3 is 5.73 Å². The van der Waals surface area contributed by atoms with Gasteiger partial charge in [-0.2, -0.15) is 0 Å². The number of hydrogen-bond donors (Lipinski definition) is 1. The summed E-state index contributed by atoms with van der Waals surface area (Å²) in [6.07, 6.45) is -1.73. The highest BCUT2D eigenvalue weighted by Crippen LogP contribution is 2.19. The molecule has 0 aliphatic rings. The van der Waals surface area contributed by atoms with Gasteiger partial charge in [-0.3, -0.25) is 0 Å². The predicted octanol–water partition coefficient (Wildman–Crippen LogP) is 2.55. The fraction of sp³-hybridized carbons (Fsp3) is 0.333. The maximum atomic E-state index is 12.2. The van der Waals surface area contributed by atoms with Crippen LogP contribution in [0.25, 0.3) is 0 Å². The molecular weight excluding hydrogens is 196 g/mol. The normalized spacial score (nSPS) is 9.85. The summed E-state index contributed by atoms with van der Waals surface area (Å²) in [6.45, 7) is 0.493. The van der Waals surface area contributed by atoms with Gasteiger partial charge in [-0.25, -0.2) is 8.78 Å². The van der Waals surface area contributed by atoms with Crippen molar-refractivity contribution in [3.8, 4) is 0 Å². The lowest BCUT2D eigenvalue weighted by Crippen LogP contribution is -2.02. The Morgan fingerprint density at radius 3 is 2.54 bits per heavy atom. The monoisotopic (exact) mass is 207 g/mol. The van der Waals surface area contributed by atoms with E-state index in [1.165, 1.54) is 12.1 Å². The topological polar surface area (TPSA) is 26.0 Å². The molecule has 1 aromatic rings. The number of benzene rings is 1. The van der Waals surface area contributed by atoms with Gasteiger partial charge in [-0.1, -0.05) is 24.3 Å². The molecule has 1 nitrogen and oxygen atoms in total. The van der Waals surface area contributed by atoms with Gasteiger partial charge in [0.25, 0.3) is 6.43 Å². The molecule has 0 aliphatic carbocycles. The molecular formula is C9H12ClF2N. The average molecular weight is 208 g/mol. The van der Waals surface area contributed by atoms with Crippen LogP contribution >= 0.6 is 12.4 Å². The fourth-order valence-electron chi connectivity index (χ4n) is 1.05. The largest absolute Gasteiger partial charge is 0.330 e. The third-order valence-electron chi connectivity index (χ3n) is 1.64. The number of nitrogens with two attached hydrogens (primary N) is 1. The minimum absolute atomic E-state index is 0. The molecule has 0 heterocycles. The summed E-state index contributed by atoms with van der Waals surface area (Å²) in [5.41, 5.74) is 6.24. The molecule has 0 saturated heterocycles. The van der Waals surface area contributed by atoms with E-state index < -0.39 is 6.43 Å². The number of rotatable bonds is 3. The van der Waals surface area contributed by atoms with Crippen molar-refractivity contribution in [3.05, 3.63) is 35.4 Å². The van der Waals surface area contributed by atoms with E-state index in [1.54, 1.807) is 12.1 Å². The van der Waals surface area contributed by atoms with E-state index in [4.69, 9.17) is 5.73 Å². The van der Waals surface area contributed by atoms with Gasteiger partial charge in [0.05, 0.1) is 0 Å². The highest BCUT2D eigenvalue weighted by molar-refractivity contribution is 5.85. The summed E-state index contributed by atoms with van der Waals surface area (Å²) >= 11 is 0. The molecule has 0 spiro atoms. The molecule has 0 aromatic heterocycles. The van der Waals surface area contributed by atoms with Crippen molar-refractivity contribution >= 4 is 12.4 Å². The summed E-state index contributed by atoms with van der Waals surface area (Å²) < 4.78 is 24.3. The van der Waals surface area contributed by atoms with E-state index in [0.717, 1.165) is 5.56 Å². The summed E-state index contributed by atoms with van der Waals surface area (Å²) in [5, 5.41) is 0. The second-order valence-corrected chi connectivity index (χ2v) is 2.58. The lowest BCUT2D eigenvalue weighted by molar-refractivity contribution is 0.151. The molecule has 13 heavy (non-hydrogen) atoms. The van der Waals surface area contributed by atoms with Crippen LogP contribution in [0.3, 0.4) is 0 Å². The van der Waals surface area contributed by atoms with Crippen LogP contribution in [0.5, 0.6) is 0 Å². The summed E-state index contributed by atoms with van der Waals surface area (Å²) in [5.74, 6) is 0. The maximum Gasteiger partial charge on any atom is 0.263 e. The minimum atomic E-state index is -2.39. The van der Waals surface area contributed by atoms with Crippen LogP contribution in [0.15, 0.2) is 24.3 Å². The number of alkyl halides is 2. The van der Waals surface area contributed by atoms with Crippen molar-refractivity contribution in [2.75, 3.05) is 6.54 Å². The van der Waals surface area contributed by atoms with Crippen molar-refractivity contribution in [3.63, 3.8) is 0 Å². The Balaban J connectivity index is 0.00000144. The Bertz CT molecular complexity index is 253. The van der Waals surface area contributed by atoms with Crippen molar-refractivity contribution in [2.24, 2.45) is 5.73 Å². The van der Waals surface area contributed by atoms with Gasteiger partial charge in [0, 0.05) is 5.56 Å². The smallest absolute Gasteiger partial charge is 0.263 e. The van der Waals surface area contributed by atoms with Crippen molar-refractivity contribution in [1.82, 2.24) is 0 Å². The Kier molecular flexibility index (Phi) is 5.58. The minimum Gasteiger partial charge on any atom is -0.330 e. The quantitative estimate of drug-likeness (QED) is 0.810. The Labute approximate surface area is 82.4 Å². The van der Waals surface area contributed by atoms with Crippen molar-refractivity contribution < 1.29 is 8.78 Å². The molecule has 0 bridgehead atoms. The second-order valence-electron chi connectivity index (χ2n) is 2.58. The van der Waals surface area contributed by atoms with Crippen LogP contribution in [-0.2, 0) is 6.42 Å². The standard InChI is InChI=1S/C9H11F2N.ClH/c10-9(11)8-3-1-2-7(6-8)4-5-12;/h1-3,6,9H,4-5,12H2;1H. The van der Waals surface area contributed by atoms with Gasteiger partial charge in [-0.15, -0.1) is 12.4 Å². The molecule has 1 rings (SSSR count). The van der Waals surface area contributed by atoms with Crippen molar-refractivity contribution in [1.29, 1.82) is 0 Å². The summed E-state index contributed by atoms with van der Waals surface area (Å²) in [4.78, 5) is 0. The van der Waals surface area contributed by atoms with Gasteiger partial charge in [0.1, 0.15) is 0 Å². The number of halogens is 3. The van der Waals surface area contributed by atoms with Crippen LogP contribution in [0.4, 0.5) is 8.78 Å². The first-order valence-electron chi connectivity index (χ1n) is 3.81. The van der Waals surface area contributed by atoms with Crippen LogP contribution in [0.2, 0.25) is 0 Å². The third-order valence-corrected chi connectivity index (χ3v) is 1.64. The lowest BCUT2D eigenvalue weighted by Gasteiger charge is -2.02. The zero-order chi connectivity index (χ0) is 8.97. The van der Waals surface area contributed by atoms with E-state index in [0.29, 0.717) is 13.0 Å². The lowest BCUT2D eigenvalue weighted by atomic mass is 10.1. The third kappa shape index (κ3) is 3.70. The van der Waals surface area contributed by atoms with Crippen LogP contribution in [0, 0.1) is 0 Å². The molecule has 1 aromatic carbocycles. The molecule has 74 valence electrons. The Morgan fingerprint density at radius 2 is 2.00 bits per heavy atom. The van der Waals surface area contributed by atoms with Crippen LogP contribution in [0.1, 0.15) is 17.6 Å². The highest BCUT2D eigenvalue weighted by atomic mass is 35.5. The van der Waals surface area contributed by atoms with E-state index in [-0.39, 0.29) is 18.0 Å². The maximum absolute atomic E-state index is 12.2. The fourth-order valence-corrected chi connectivity index (χ4v) is 1.05. The van der Waals surface area contributed by atoms with Gasteiger partial charge in [0.2, 0.25) is 0 Å². The molecule has 0 aliphatic heterocycles. The molecule has 0 radical (unpaired) electrons. The average Bonchev–Trinajstić information content (AvgIpc) is 2.05. The molecule has 0 atom stereocenters. The molecule has 0 unspecified atom stereocenters. The molecule has 0 saturated carbocycles. The second kappa shape index (κ2) is 5.89. The first-order chi connectivity index (χ1) is 5.74. The van der Waals surface area contributed by atoms with E-state index >= 15 is 0 Å². The molecule has 0 fully saturated rings. The van der Waals surface area contributed by atoms with Gasteiger partial charge in [-0.05, 0) is 18.5 Å². The van der Waals surface area contributed by atoms with E-state index in [2.05, 4.69) is 0 Å².